The van der Waals surface area contributed by atoms with Gasteiger partial charge in [0.2, 0.25) is 0 Å². The van der Waals surface area contributed by atoms with Gasteiger partial charge in [0.15, 0.2) is 0 Å². The lowest BCUT2D eigenvalue weighted by atomic mass is 10.1. The van der Waals surface area contributed by atoms with Gasteiger partial charge in [-0.1, -0.05) is 28.1 Å². The molecular weight excluding hydrogens is 256 g/mol. The van der Waals surface area contributed by atoms with Gasteiger partial charge >= 0.3 is 0 Å². The minimum Gasteiger partial charge on any atom is -0.495 e. The fourth-order valence-electron chi connectivity index (χ4n) is 1.61. The van der Waals surface area contributed by atoms with Crippen LogP contribution in [0, 0.1) is 0 Å². The predicted octanol–water partition coefficient (Wildman–Crippen LogP) is 2.66. The first-order valence-corrected chi connectivity index (χ1v) is 5.80. The molecule has 0 spiro atoms. The third kappa shape index (κ3) is 2.83. The highest BCUT2D eigenvalue weighted by molar-refractivity contribution is 9.10. The zero-order valence-corrected chi connectivity index (χ0v) is 9.90. The number of hydrogen-bond acceptors (Lipinski definition) is 2. The Kier molecular flexibility index (Phi) is 3.44. The van der Waals surface area contributed by atoms with Crippen LogP contribution in [-0.4, -0.2) is 17.8 Å². The monoisotopic (exact) mass is 268 g/mol. The Morgan fingerprint density at radius 2 is 2.07 bits per heavy atom. The van der Waals surface area contributed by atoms with Crippen molar-refractivity contribution in [1.29, 1.82) is 0 Å². The van der Waals surface area contributed by atoms with Gasteiger partial charge < -0.3 is 9.84 Å². The van der Waals surface area contributed by atoms with Gasteiger partial charge in [0, 0.05) is 17.3 Å². The van der Waals surface area contributed by atoms with E-state index >= 15 is 0 Å². The number of hydrogen-bond donors (Lipinski definition) is 1. The van der Waals surface area contributed by atoms with E-state index in [4.69, 9.17) is 4.74 Å². The first-order chi connectivity index (χ1) is 7.25. The summed E-state index contributed by atoms with van der Waals surface area (Å²) >= 11 is 3.38. The van der Waals surface area contributed by atoms with Crippen LogP contribution in [0.25, 0.3) is 0 Å². The smallest absolute Gasteiger partial charge is 0.121 e. The van der Waals surface area contributed by atoms with Gasteiger partial charge in [-0.25, -0.2) is 0 Å². The lowest BCUT2D eigenvalue weighted by molar-refractivity contribution is 0.118. The van der Waals surface area contributed by atoms with Crippen LogP contribution in [0.1, 0.15) is 12.0 Å². The number of halogens is 1. The predicted molar refractivity (Wildman–Crippen MR) is 62.5 cm³/mol. The quantitative estimate of drug-likeness (QED) is 0.914. The molecule has 1 atom stereocenters. The van der Waals surface area contributed by atoms with Gasteiger partial charge in [0.1, 0.15) is 11.9 Å². The van der Waals surface area contributed by atoms with Crippen LogP contribution in [-0.2, 0) is 11.2 Å². The lowest BCUT2D eigenvalue weighted by Gasteiger charge is -2.12. The molecule has 1 N–H and O–H groups in total. The molecule has 0 fully saturated rings. The molecule has 1 aromatic carbocycles. The molecule has 1 unspecified atom stereocenters. The van der Waals surface area contributed by atoms with Crippen LogP contribution < -0.4 is 0 Å². The van der Waals surface area contributed by atoms with Crippen LogP contribution in [0.5, 0.6) is 0 Å². The maximum atomic E-state index is 9.87. The molecule has 80 valence electrons. The molecule has 0 amide bonds. The van der Waals surface area contributed by atoms with E-state index in [0.29, 0.717) is 13.0 Å². The number of rotatable bonds is 3. The Morgan fingerprint density at radius 1 is 1.33 bits per heavy atom. The zero-order valence-electron chi connectivity index (χ0n) is 8.32. The molecule has 1 aliphatic heterocycles. The summed E-state index contributed by atoms with van der Waals surface area (Å²) in [5.41, 5.74) is 1.11. The van der Waals surface area contributed by atoms with E-state index in [0.717, 1.165) is 22.2 Å². The molecule has 0 aromatic heterocycles. The van der Waals surface area contributed by atoms with Crippen molar-refractivity contribution in [3.63, 3.8) is 0 Å². The van der Waals surface area contributed by atoms with Crippen molar-refractivity contribution < 1.29 is 9.84 Å². The maximum absolute atomic E-state index is 9.87. The fraction of sp³-hybridized carbons (Fsp3) is 0.333. The van der Waals surface area contributed by atoms with E-state index in [9.17, 15) is 5.11 Å². The van der Waals surface area contributed by atoms with Crippen LogP contribution in [0.3, 0.4) is 0 Å². The standard InChI is InChI=1S/C12H13BrO2/c13-10-5-3-9(4-6-10)8-11(14)12-2-1-7-15-12/h2-6,11,14H,1,7-8H2. The van der Waals surface area contributed by atoms with Crippen LogP contribution >= 0.6 is 15.9 Å². The average Bonchev–Trinajstić information content (AvgIpc) is 2.74. The topological polar surface area (TPSA) is 29.5 Å². The third-order valence-corrected chi connectivity index (χ3v) is 2.93. The van der Waals surface area contributed by atoms with E-state index in [1.54, 1.807) is 0 Å². The normalized spacial score (nSPS) is 17.1. The van der Waals surface area contributed by atoms with Gasteiger partial charge in [0.25, 0.3) is 0 Å². The SMILES string of the molecule is OC(Cc1ccc(Br)cc1)C1=CCCO1. The molecule has 1 heterocycles. The van der Waals surface area contributed by atoms with Crippen molar-refractivity contribution in [2.24, 2.45) is 0 Å². The summed E-state index contributed by atoms with van der Waals surface area (Å²) < 4.78 is 6.37. The molecule has 0 radical (unpaired) electrons. The second kappa shape index (κ2) is 4.81. The Bertz CT molecular complexity index is 356. The van der Waals surface area contributed by atoms with Gasteiger partial charge in [0.05, 0.1) is 6.61 Å². The van der Waals surface area contributed by atoms with Crippen molar-refractivity contribution >= 4 is 15.9 Å². The highest BCUT2D eigenvalue weighted by Gasteiger charge is 2.16. The molecular formula is C12H13BrO2. The van der Waals surface area contributed by atoms with Gasteiger partial charge in [-0.3, -0.25) is 0 Å². The second-order valence-electron chi connectivity index (χ2n) is 3.59. The summed E-state index contributed by atoms with van der Waals surface area (Å²) in [5.74, 6) is 0.720. The van der Waals surface area contributed by atoms with E-state index in [1.165, 1.54) is 0 Å². The maximum Gasteiger partial charge on any atom is 0.121 e. The summed E-state index contributed by atoms with van der Waals surface area (Å²) in [6.07, 6.45) is 2.98. The fourth-order valence-corrected chi connectivity index (χ4v) is 1.88. The third-order valence-electron chi connectivity index (χ3n) is 2.40. The van der Waals surface area contributed by atoms with Crippen molar-refractivity contribution in [2.75, 3.05) is 6.61 Å². The first kappa shape index (κ1) is 10.7. The van der Waals surface area contributed by atoms with Crippen molar-refractivity contribution in [3.8, 4) is 0 Å². The molecule has 15 heavy (non-hydrogen) atoms. The Balaban J connectivity index is 1.99. The number of benzene rings is 1. The average molecular weight is 269 g/mol. The molecule has 3 heteroatoms. The summed E-state index contributed by atoms with van der Waals surface area (Å²) in [6, 6.07) is 7.96. The Hall–Kier alpha value is -0.800. The molecule has 2 rings (SSSR count). The second-order valence-corrected chi connectivity index (χ2v) is 4.51. The van der Waals surface area contributed by atoms with Crippen LogP contribution in [0.15, 0.2) is 40.6 Å². The molecule has 1 aliphatic rings. The minimum atomic E-state index is -0.506. The number of aliphatic hydroxyl groups is 1. The molecule has 1 aromatic rings. The van der Waals surface area contributed by atoms with Crippen LogP contribution in [0.4, 0.5) is 0 Å². The van der Waals surface area contributed by atoms with E-state index in [2.05, 4.69) is 15.9 Å². The van der Waals surface area contributed by atoms with Gasteiger partial charge in [-0.2, -0.15) is 0 Å². The largest absolute Gasteiger partial charge is 0.495 e. The highest BCUT2D eigenvalue weighted by Crippen LogP contribution is 2.18. The number of aliphatic hydroxyl groups excluding tert-OH is 1. The molecule has 0 saturated heterocycles. The lowest BCUT2D eigenvalue weighted by Crippen LogP contribution is -2.14. The van der Waals surface area contributed by atoms with E-state index in [1.807, 2.05) is 30.3 Å². The molecule has 2 nitrogen and oxygen atoms in total. The minimum absolute atomic E-state index is 0.506. The molecule has 0 saturated carbocycles. The Labute approximate surface area is 97.7 Å². The van der Waals surface area contributed by atoms with E-state index < -0.39 is 6.10 Å². The van der Waals surface area contributed by atoms with Gasteiger partial charge in [-0.15, -0.1) is 0 Å². The summed E-state index contributed by atoms with van der Waals surface area (Å²) in [6.45, 7) is 0.701. The summed E-state index contributed by atoms with van der Waals surface area (Å²) in [4.78, 5) is 0. The molecule has 0 bridgehead atoms. The Morgan fingerprint density at radius 3 is 2.67 bits per heavy atom. The first-order valence-electron chi connectivity index (χ1n) is 5.01. The molecule has 0 aliphatic carbocycles. The highest BCUT2D eigenvalue weighted by atomic mass is 79.9. The van der Waals surface area contributed by atoms with Crippen molar-refractivity contribution in [1.82, 2.24) is 0 Å². The van der Waals surface area contributed by atoms with Gasteiger partial charge in [-0.05, 0) is 23.8 Å². The number of ether oxygens (including phenoxy) is 1. The van der Waals surface area contributed by atoms with Crippen molar-refractivity contribution in [3.05, 3.63) is 46.1 Å². The summed E-state index contributed by atoms with van der Waals surface area (Å²) in [7, 11) is 0. The van der Waals surface area contributed by atoms with Crippen LogP contribution in [0.2, 0.25) is 0 Å². The zero-order chi connectivity index (χ0) is 10.7. The van der Waals surface area contributed by atoms with Crippen molar-refractivity contribution in [2.45, 2.75) is 18.9 Å². The summed E-state index contributed by atoms with van der Waals surface area (Å²) in [5, 5.41) is 9.87. The van der Waals surface area contributed by atoms with E-state index in [-0.39, 0.29) is 0 Å².